The number of nitrogens with one attached hydrogen (secondary N) is 2. The normalized spacial score (nSPS) is 20.7. The van der Waals surface area contributed by atoms with Crippen molar-refractivity contribution in [3.8, 4) is 0 Å². The van der Waals surface area contributed by atoms with E-state index in [0.717, 1.165) is 11.1 Å². The van der Waals surface area contributed by atoms with Gasteiger partial charge < -0.3 is 0 Å². The molecule has 3 rings (SSSR count). The zero-order valence-corrected chi connectivity index (χ0v) is 18.1. The average molecular weight is 447 g/mol. The molecule has 30 heavy (non-hydrogen) atoms. The zero-order chi connectivity index (χ0) is 21.5. The van der Waals surface area contributed by atoms with Crippen molar-refractivity contribution in [1.29, 1.82) is 0 Å². The molecule has 0 aromatic heterocycles. The van der Waals surface area contributed by atoms with E-state index in [9.17, 15) is 16.8 Å². The summed E-state index contributed by atoms with van der Waals surface area (Å²) in [5.41, 5.74) is 1.62. The third-order valence-corrected chi connectivity index (χ3v) is 7.18. The summed E-state index contributed by atoms with van der Waals surface area (Å²) in [4.78, 5) is 0. The Bertz CT molecular complexity index is 983. The van der Waals surface area contributed by atoms with Gasteiger partial charge in [-0.05, 0) is 49.0 Å². The largest absolute Gasteiger partial charge is 0.233 e. The molecule has 0 amide bonds. The van der Waals surface area contributed by atoms with Crippen LogP contribution in [0.5, 0.6) is 0 Å². The van der Waals surface area contributed by atoms with Crippen LogP contribution in [-0.2, 0) is 20.0 Å². The van der Waals surface area contributed by atoms with E-state index in [1.54, 1.807) is 12.2 Å². The molecule has 2 N–H and O–H groups in total. The van der Waals surface area contributed by atoms with E-state index in [4.69, 9.17) is 0 Å². The Kier molecular flexibility index (Phi) is 7.60. The van der Waals surface area contributed by atoms with Crippen LogP contribution in [0.15, 0.2) is 71.5 Å². The molecule has 0 atom stereocenters. The lowest BCUT2D eigenvalue weighted by atomic mass is 9.92. The summed E-state index contributed by atoms with van der Waals surface area (Å²) in [6, 6.07) is 18.0. The van der Waals surface area contributed by atoms with Gasteiger partial charge in [0.15, 0.2) is 0 Å². The van der Waals surface area contributed by atoms with Crippen molar-refractivity contribution in [3.05, 3.63) is 82.6 Å². The first kappa shape index (κ1) is 22.4. The SMILES string of the molecule is O=S(=O)(/C=C/c1ccccc1)NC1CCC(NS(=O)(=O)/C=C/c2ccccc2)CC1. The van der Waals surface area contributed by atoms with Crippen LogP contribution < -0.4 is 9.44 Å². The van der Waals surface area contributed by atoms with Crippen molar-refractivity contribution in [3.63, 3.8) is 0 Å². The zero-order valence-electron chi connectivity index (χ0n) is 16.5. The minimum Gasteiger partial charge on any atom is -0.209 e. The Morgan fingerprint density at radius 1 is 0.600 bits per heavy atom. The lowest BCUT2D eigenvalue weighted by Gasteiger charge is -2.28. The van der Waals surface area contributed by atoms with Gasteiger partial charge in [-0.25, -0.2) is 26.3 Å². The molecule has 0 unspecified atom stereocenters. The summed E-state index contributed by atoms with van der Waals surface area (Å²) in [6.07, 6.45) is 5.42. The fourth-order valence-electron chi connectivity index (χ4n) is 3.34. The summed E-state index contributed by atoms with van der Waals surface area (Å²) in [5, 5.41) is 2.34. The fraction of sp³-hybridized carbons (Fsp3) is 0.273. The molecule has 160 valence electrons. The molecule has 8 heteroatoms. The van der Waals surface area contributed by atoms with Gasteiger partial charge in [0.05, 0.1) is 0 Å². The van der Waals surface area contributed by atoms with Crippen molar-refractivity contribution >= 4 is 32.2 Å². The maximum absolute atomic E-state index is 12.3. The number of hydrogen-bond donors (Lipinski definition) is 2. The Morgan fingerprint density at radius 2 is 0.933 bits per heavy atom. The summed E-state index contributed by atoms with van der Waals surface area (Å²) < 4.78 is 54.5. The Hall–Kier alpha value is -2.26. The van der Waals surface area contributed by atoms with Crippen LogP contribution in [-0.4, -0.2) is 28.9 Å². The number of benzene rings is 2. The van der Waals surface area contributed by atoms with Crippen LogP contribution in [0, 0.1) is 0 Å². The van der Waals surface area contributed by atoms with Gasteiger partial charge in [0.25, 0.3) is 0 Å². The van der Waals surface area contributed by atoms with Gasteiger partial charge in [-0.2, -0.15) is 0 Å². The van der Waals surface area contributed by atoms with Gasteiger partial charge in [-0.15, -0.1) is 0 Å². The summed E-state index contributed by atoms with van der Waals surface area (Å²) in [7, 11) is -7.10. The molecular weight excluding hydrogens is 420 g/mol. The predicted molar refractivity (Wildman–Crippen MR) is 121 cm³/mol. The van der Waals surface area contributed by atoms with Crippen molar-refractivity contribution in [2.75, 3.05) is 0 Å². The molecule has 0 radical (unpaired) electrons. The number of sulfonamides is 2. The lowest BCUT2D eigenvalue weighted by Crippen LogP contribution is -2.42. The molecule has 0 spiro atoms. The molecule has 1 aliphatic carbocycles. The van der Waals surface area contributed by atoms with E-state index in [-0.39, 0.29) is 12.1 Å². The van der Waals surface area contributed by atoms with Crippen LogP contribution in [0.4, 0.5) is 0 Å². The van der Waals surface area contributed by atoms with E-state index in [1.165, 1.54) is 10.8 Å². The monoisotopic (exact) mass is 446 g/mol. The first-order valence-corrected chi connectivity index (χ1v) is 12.9. The minimum absolute atomic E-state index is 0.198. The highest BCUT2D eigenvalue weighted by Gasteiger charge is 2.26. The fourth-order valence-corrected chi connectivity index (χ4v) is 5.57. The standard InChI is InChI=1S/C22H26N2O4S2/c25-29(26,17-15-19-7-3-1-4-8-19)23-21-11-13-22(14-12-21)24-30(27,28)18-16-20-9-5-2-6-10-20/h1-10,15-18,21-24H,11-14H2/b17-15+,18-16+. The van der Waals surface area contributed by atoms with Crippen LogP contribution in [0.25, 0.3) is 12.2 Å². The molecule has 0 saturated heterocycles. The maximum atomic E-state index is 12.3. The topological polar surface area (TPSA) is 92.3 Å². The first-order chi connectivity index (χ1) is 14.3. The van der Waals surface area contributed by atoms with Crippen LogP contribution in [0.2, 0.25) is 0 Å². The van der Waals surface area contributed by atoms with Crippen molar-refractivity contribution < 1.29 is 16.8 Å². The quantitative estimate of drug-likeness (QED) is 0.649. The molecule has 0 bridgehead atoms. The second-order valence-electron chi connectivity index (χ2n) is 7.30. The second kappa shape index (κ2) is 10.2. The second-order valence-corrected chi connectivity index (χ2v) is 10.5. The summed E-state index contributed by atoms with van der Waals surface area (Å²) in [6.45, 7) is 0. The van der Waals surface area contributed by atoms with Gasteiger partial charge in [-0.1, -0.05) is 60.7 Å². The molecule has 2 aromatic rings. The van der Waals surface area contributed by atoms with Gasteiger partial charge in [0.1, 0.15) is 0 Å². The van der Waals surface area contributed by atoms with Gasteiger partial charge in [0, 0.05) is 22.9 Å². The van der Waals surface area contributed by atoms with Gasteiger partial charge in [0.2, 0.25) is 20.0 Å². The third-order valence-electron chi connectivity index (χ3n) is 4.87. The molecule has 2 aromatic carbocycles. The first-order valence-electron chi connectivity index (χ1n) is 9.82. The van der Waals surface area contributed by atoms with Crippen LogP contribution >= 0.6 is 0 Å². The Morgan fingerprint density at radius 3 is 1.27 bits per heavy atom. The minimum atomic E-state index is -3.55. The van der Waals surface area contributed by atoms with E-state index >= 15 is 0 Å². The predicted octanol–water partition coefficient (Wildman–Crippen LogP) is 3.48. The average Bonchev–Trinajstić information content (AvgIpc) is 2.74. The molecule has 1 fully saturated rings. The van der Waals surface area contributed by atoms with E-state index in [2.05, 4.69) is 9.44 Å². The highest BCUT2D eigenvalue weighted by molar-refractivity contribution is 7.92. The number of rotatable bonds is 8. The van der Waals surface area contributed by atoms with Gasteiger partial charge in [-0.3, -0.25) is 0 Å². The van der Waals surface area contributed by atoms with E-state index in [0.29, 0.717) is 25.7 Å². The van der Waals surface area contributed by atoms with E-state index < -0.39 is 20.0 Å². The number of hydrogen-bond acceptors (Lipinski definition) is 4. The molecule has 0 aliphatic heterocycles. The summed E-state index contributed by atoms with van der Waals surface area (Å²) >= 11 is 0. The highest BCUT2D eigenvalue weighted by atomic mass is 32.2. The molecule has 6 nitrogen and oxygen atoms in total. The van der Waals surface area contributed by atoms with Crippen molar-refractivity contribution in [2.24, 2.45) is 0 Å². The maximum Gasteiger partial charge on any atom is 0.233 e. The van der Waals surface area contributed by atoms with Crippen LogP contribution in [0.3, 0.4) is 0 Å². The highest BCUT2D eigenvalue weighted by Crippen LogP contribution is 2.20. The smallest absolute Gasteiger partial charge is 0.209 e. The van der Waals surface area contributed by atoms with Gasteiger partial charge >= 0.3 is 0 Å². The molecule has 1 aliphatic rings. The van der Waals surface area contributed by atoms with Crippen LogP contribution in [0.1, 0.15) is 36.8 Å². The Balaban J connectivity index is 1.48. The molecular formula is C22H26N2O4S2. The molecule has 1 saturated carbocycles. The Labute approximate surface area is 178 Å². The lowest BCUT2D eigenvalue weighted by molar-refractivity contribution is 0.357. The van der Waals surface area contributed by atoms with Crippen molar-refractivity contribution in [2.45, 2.75) is 37.8 Å². The summed E-state index contributed by atoms with van der Waals surface area (Å²) in [5.74, 6) is 0. The molecule has 0 heterocycles. The van der Waals surface area contributed by atoms with Crippen molar-refractivity contribution in [1.82, 2.24) is 9.44 Å². The third kappa shape index (κ3) is 7.53. The van der Waals surface area contributed by atoms with E-state index in [1.807, 2.05) is 60.7 Å².